The van der Waals surface area contributed by atoms with Crippen LogP contribution in [-0.2, 0) is 0 Å². The quantitative estimate of drug-likeness (QED) is 0.725. The van der Waals surface area contributed by atoms with Crippen molar-refractivity contribution in [2.24, 2.45) is 5.92 Å². The van der Waals surface area contributed by atoms with Crippen LogP contribution in [0, 0.1) is 12.8 Å². The zero-order valence-electron chi connectivity index (χ0n) is 9.20. The van der Waals surface area contributed by atoms with E-state index in [1.807, 2.05) is 13.0 Å². The van der Waals surface area contributed by atoms with Gasteiger partial charge in [-0.1, -0.05) is 24.9 Å². The topological polar surface area (TPSA) is 29.0 Å². The van der Waals surface area contributed by atoms with Crippen LogP contribution in [-0.4, -0.2) is 23.1 Å². The summed E-state index contributed by atoms with van der Waals surface area (Å²) in [5.41, 5.74) is 0. The molecule has 1 aromatic rings. The molecule has 0 saturated carbocycles. The fourth-order valence-corrected chi connectivity index (χ4v) is 2.27. The van der Waals surface area contributed by atoms with Gasteiger partial charge < -0.3 is 4.90 Å². The molecular weight excluding hydrogens is 210 g/mol. The molecule has 1 fully saturated rings. The van der Waals surface area contributed by atoms with Crippen LogP contribution in [0.1, 0.15) is 25.6 Å². The number of hydrogen-bond acceptors (Lipinski definition) is 3. The van der Waals surface area contributed by atoms with Crippen molar-refractivity contribution >= 4 is 17.4 Å². The van der Waals surface area contributed by atoms with Gasteiger partial charge in [-0.25, -0.2) is 9.97 Å². The van der Waals surface area contributed by atoms with Gasteiger partial charge in [-0.2, -0.15) is 0 Å². The Morgan fingerprint density at radius 3 is 2.93 bits per heavy atom. The average Bonchev–Trinajstić information content (AvgIpc) is 2.64. The van der Waals surface area contributed by atoms with E-state index in [-0.39, 0.29) is 0 Å². The van der Waals surface area contributed by atoms with Crippen molar-refractivity contribution in [3.8, 4) is 0 Å². The molecule has 1 atom stereocenters. The molecule has 0 bridgehead atoms. The highest BCUT2D eigenvalue weighted by Crippen LogP contribution is 2.25. The van der Waals surface area contributed by atoms with E-state index >= 15 is 0 Å². The first-order valence-corrected chi connectivity index (χ1v) is 5.83. The first-order chi connectivity index (χ1) is 7.19. The molecule has 2 rings (SSSR count). The summed E-state index contributed by atoms with van der Waals surface area (Å²) in [6.07, 6.45) is 2.51. The minimum absolute atomic E-state index is 0.539. The van der Waals surface area contributed by atoms with Crippen LogP contribution >= 0.6 is 11.6 Å². The van der Waals surface area contributed by atoms with Crippen LogP contribution in [0.4, 0.5) is 5.82 Å². The molecule has 3 nitrogen and oxygen atoms in total. The Morgan fingerprint density at radius 2 is 2.33 bits per heavy atom. The molecule has 4 heteroatoms. The van der Waals surface area contributed by atoms with Gasteiger partial charge >= 0.3 is 0 Å². The highest BCUT2D eigenvalue weighted by molar-refractivity contribution is 6.29. The first kappa shape index (κ1) is 10.7. The van der Waals surface area contributed by atoms with Gasteiger partial charge in [0.15, 0.2) is 0 Å². The van der Waals surface area contributed by atoms with Gasteiger partial charge in [-0.05, 0) is 19.3 Å². The second kappa shape index (κ2) is 4.35. The smallest absolute Gasteiger partial charge is 0.134 e. The van der Waals surface area contributed by atoms with Crippen molar-refractivity contribution in [3.05, 3.63) is 17.0 Å². The number of nitrogens with zero attached hydrogens (tertiary/aromatic N) is 3. The standard InChI is InChI=1S/C11H16ClN3/c1-3-9-4-5-15(7-9)11-6-10(12)13-8(2)14-11/h6,9H,3-5,7H2,1-2H3. The van der Waals surface area contributed by atoms with Gasteiger partial charge in [0.05, 0.1) is 0 Å². The molecule has 2 heterocycles. The summed E-state index contributed by atoms with van der Waals surface area (Å²) in [5, 5.41) is 0.539. The van der Waals surface area contributed by atoms with Crippen LogP contribution in [0.15, 0.2) is 6.07 Å². The monoisotopic (exact) mass is 225 g/mol. The van der Waals surface area contributed by atoms with Crippen LogP contribution < -0.4 is 4.90 Å². The van der Waals surface area contributed by atoms with Gasteiger partial charge in [0.1, 0.15) is 16.8 Å². The van der Waals surface area contributed by atoms with E-state index in [0.717, 1.165) is 30.6 Å². The number of anilines is 1. The second-order valence-electron chi connectivity index (χ2n) is 4.11. The first-order valence-electron chi connectivity index (χ1n) is 5.45. The molecule has 1 aromatic heterocycles. The molecule has 1 saturated heterocycles. The Labute approximate surface area is 95.5 Å². The third-order valence-corrected chi connectivity index (χ3v) is 3.17. The number of aryl methyl sites for hydroxylation is 1. The Balaban J connectivity index is 2.16. The maximum Gasteiger partial charge on any atom is 0.134 e. The summed E-state index contributed by atoms with van der Waals surface area (Å²) in [7, 11) is 0. The van der Waals surface area contributed by atoms with E-state index in [9.17, 15) is 0 Å². The fraction of sp³-hybridized carbons (Fsp3) is 0.636. The number of hydrogen-bond donors (Lipinski definition) is 0. The molecule has 0 aromatic carbocycles. The SMILES string of the molecule is CCC1CCN(c2cc(Cl)nc(C)n2)C1. The number of rotatable bonds is 2. The van der Waals surface area contributed by atoms with Crippen LogP contribution in [0.3, 0.4) is 0 Å². The third kappa shape index (κ3) is 2.40. The van der Waals surface area contributed by atoms with Gasteiger partial charge in [-0.3, -0.25) is 0 Å². The van der Waals surface area contributed by atoms with E-state index in [1.165, 1.54) is 12.8 Å². The molecular formula is C11H16ClN3. The van der Waals surface area contributed by atoms with Crippen LogP contribution in [0.5, 0.6) is 0 Å². The van der Waals surface area contributed by atoms with Gasteiger partial charge in [-0.15, -0.1) is 0 Å². The van der Waals surface area contributed by atoms with E-state index in [0.29, 0.717) is 5.15 Å². The molecule has 1 aliphatic rings. The van der Waals surface area contributed by atoms with Crippen molar-refractivity contribution in [3.63, 3.8) is 0 Å². The lowest BCUT2D eigenvalue weighted by atomic mass is 10.1. The fourth-order valence-electron chi connectivity index (χ4n) is 2.05. The lowest BCUT2D eigenvalue weighted by Crippen LogP contribution is -2.21. The average molecular weight is 226 g/mol. The Hall–Kier alpha value is -0.830. The number of aromatic nitrogens is 2. The van der Waals surface area contributed by atoms with E-state index in [4.69, 9.17) is 11.6 Å². The molecule has 0 amide bonds. The largest absolute Gasteiger partial charge is 0.356 e. The highest BCUT2D eigenvalue weighted by Gasteiger charge is 2.22. The molecule has 0 spiro atoms. The lowest BCUT2D eigenvalue weighted by Gasteiger charge is -2.17. The molecule has 0 N–H and O–H groups in total. The Morgan fingerprint density at radius 1 is 1.53 bits per heavy atom. The van der Waals surface area contributed by atoms with Crippen molar-refractivity contribution < 1.29 is 0 Å². The Bertz CT molecular complexity index is 333. The van der Waals surface area contributed by atoms with Gasteiger partial charge in [0, 0.05) is 19.2 Å². The normalized spacial score (nSPS) is 21.0. The summed E-state index contributed by atoms with van der Waals surface area (Å²) in [4.78, 5) is 10.8. The van der Waals surface area contributed by atoms with E-state index in [1.54, 1.807) is 0 Å². The molecule has 1 unspecified atom stereocenters. The van der Waals surface area contributed by atoms with Crippen molar-refractivity contribution in [1.29, 1.82) is 0 Å². The second-order valence-corrected chi connectivity index (χ2v) is 4.49. The molecule has 0 aliphatic carbocycles. The lowest BCUT2D eigenvalue weighted by molar-refractivity contribution is 0.568. The predicted octanol–water partition coefficient (Wildman–Crippen LogP) is 2.67. The molecule has 15 heavy (non-hydrogen) atoms. The van der Waals surface area contributed by atoms with E-state index < -0.39 is 0 Å². The van der Waals surface area contributed by atoms with Crippen LogP contribution in [0.2, 0.25) is 5.15 Å². The third-order valence-electron chi connectivity index (χ3n) is 2.98. The maximum absolute atomic E-state index is 5.92. The maximum atomic E-state index is 5.92. The van der Waals surface area contributed by atoms with Crippen LogP contribution in [0.25, 0.3) is 0 Å². The van der Waals surface area contributed by atoms with E-state index in [2.05, 4.69) is 21.8 Å². The minimum atomic E-state index is 0.539. The Kier molecular flexibility index (Phi) is 3.10. The highest BCUT2D eigenvalue weighted by atomic mass is 35.5. The van der Waals surface area contributed by atoms with Crippen molar-refractivity contribution in [1.82, 2.24) is 9.97 Å². The molecule has 82 valence electrons. The zero-order chi connectivity index (χ0) is 10.8. The van der Waals surface area contributed by atoms with Crippen molar-refractivity contribution in [2.45, 2.75) is 26.7 Å². The predicted molar refractivity (Wildman–Crippen MR) is 62.4 cm³/mol. The zero-order valence-corrected chi connectivity index (χ0v) is 9.96. The summed E-state index contributed by atoms with van der Waals surface area (Å²) in [5.74, 6) is 2.53. The summed E-state index contributed by atoms with van der Waals surface area (Å²) in [6.45, 7) is 6.31. The summed E-state index contributed by atoms with van der Waals surface area (Å²) >= 11 is 5.92. The molecule has 0 radical (unpaired) electrons. The summed E-state index contributed by atoms with van der Waals surface area (Å²) in [6, 6.07) is 1.85. The van der Waals surface area contributed by atoms with Gasteiger partial charge in [0.25, 0.3) is 0 Å². The van der Waals surface area contributed by atoms with Crippen molar-refractivity contribution in [2.75, 3.05) is 18.0 Å². The summed E-state index contributed by atoms with van der Waals surface area (Å²) < 4.78 is 0. The minimum Gasteiger partial charge on any atom is -0.356 e. The molecule has 1 aliphatic heterocycles. The van der Waals surface area contributed by atoms with Gasteiger partial charge in [0.2, 0.25) is 0 Å². The number of halogens is 1.